The number of hydrogen-bond donors (Lipinski definition) is 1. The molecule has 0 heterocycles. The molecule has 0 radical (unpaired) electrons. The van der Waals surface area contributed by atoms with Crippen molar-refractivity contribution in [1.82, 2.24) is 4.31 Å². The highest BCUT2D eigenvalue weighted by Gasteiger charge is 2.24. The SMILES string of the molecule is Cc1ccc(F)c(S(=O)(=O)N(C)CCC(=O)O)c1. The van der Waals surface area contributed by atoms with Gasteiger partial charge < -0.3 is 5.11 Å². The molecule has 100 valence electrons. The minimum absolute atomic E-state index is 0.203. The van der Waals surface area contributed by atoms with E-state index in [9.17, 15) is 17.6 Å². The number of halogens is 1. The highest BCUT2D eigenvalue weighted by Crippen LogP contribution is 2.19. The smallest absolute Gasteiger partial charge is 0.304 e. The number of carbonyl (C=O) groups is 1. The van der Waals surface area contributed by atoms with E-state index in [0.717, 1.165) is 10.4 Å². The van der Waals surface area contributed by atoms with Crippen LogP contribution in [0, 0.1) is 12.7 Å². The van der Waals surface area contributed by atoms with Crippen LogP contribution in [-0.4, -0.2) is 37.4 Å². The minimum Gasteiger partial charge on any atom is -0.481 e. The predicted octanol–water partition coefficient (Wildman–Crippen LogP) is 1.23. The molecule has 1 aromatic rings. The van der Waals surface area contributed by atoms with E-state index in [1.807, 2.05) is 0 Å². The lowest BCUT2D eigenvalue weighted by Gasteiger charge is -2.16. The van der Waals surface area contributed by atoms with E-state index in [0.29, 0.717) is 5.56 Å². The van der Waals surface area contributed by atoms with Gasteiger partial charge in [0.2, 0.25) is 10.0 Å². The summed E-state index contributed by atoms with van der Waals surface area (Å²) in [6.07, 6.45) is -0.330. The average molecular weight is 275 g/mol. The molecule has 0 unspecified atom stereocenters. The van der Waals surface area contributed by atoms with Crippen LogP contribution in [0.5, 0.6) is 0 Å². The van der Waals surface area contributed by atoms with Crippen LogP contribution < -0.4 is 0 Å². The van der Waals surface area contributed by atoms with Crippen LogP contribution in [0.3, 0.4) is 0 Å². The molecule has 5 nitrogen and oxygen atoms in total. The number of benzene rings is 1. The monoisotopic (exact) mass is 275 g/mol. The van der Waals surface area contributed by atoms with E-state index in [2.05, 4.69) is 0 Å². The fraction of sp³-hybridized carbons (Fsp3) is 0.364. The molecule has 0 fully saturated rings. The normalized spacial score (nSPS) is 11.8. The van der Waals surface area contributed by atoms with Crippen LogP contribution in [0.2, 0.25) is 0 Å². The number of nitrogens with zero attached hydrogens (tertiary/aromatic N) is 1. The zero-order valence-corrected chi connectivity index (χ0v) is 10.9. The first-order chi connectivity index (χ1) is 8.25. The lowest BCUT2D eigenvalue weighted by Crippen LogP contribution is -2.29. The third-order valence-corrected chi connectivity index (χ3v) is 4.29. The molecule has 0 aliphatic heterocycles. The Hall–Kier alpha value is -1.47. The van der Waals surface area contributed by atoms with Gasteiger partial charge in [-0.3, -0.25) is 4.79 Å². The highest BCUT2D eigenvalue weighted by molar-refractivity contribution is 7.89. The molecular weight excluding hydrogens is 261 g/mol. The Morgan fingerprint density at radius 1 is 1.44 bits per heavy atom. The van der Waals surface area contributed by atoms with Gasteiger partial charge in [-0.2, -0.15) is 0 Å². The zero-order valence-electron chi connectivity index (χ0n) is 10.1. The summed E-state index contributed by atoms with van der Waals surface area (Å²) in [6, 6.07) is 3.76. The van der Waals surface area contributed by atoms with Crippen LogP contribution in [0.4, 0.5) is 4.39 Å². The standard InChI is InChI=1S/C11H14FNO4S/c1-8-3-4-9(12)10(7-8)18(16,17)13(2)6-5-11(14)15/h3-4,7H,5-6H2,1-2H3,(H,14,15). The second-order valence-electron chi connectivity index (χ2n) is 3.90. The topological polar surface area (TPSA) is 74.7 Å². The van der Waals surface area contributed by atoms with Crippen LogP contribution in [0.15, 0.2) is 23.1 Å². The van der Waals surface area contributed by atoms with Gasteiger partial charge in [0.25, 0.3) is 0 Å². The number of hydrogen-bond acceptors (Lipinski definition) is 3. The van der Waals surface area contributed by atoms with Crippen molar-refractivity contribution < 1.29 is 22.7 Å². The van der Waals surface area contributed by atoms with Gasteiger partial charge >= 0.3 is 5.97 Å². The Labute approximate surface area is 105 Å². The molecule has 0 atom stereocenters. The van der Waals surface area contributed by atoms with Crippen LogP contribution in [0.1, 0.15) is 12.0 Å². The summed E-state index contributed by atoms with van der Waals surface area (Å²) < 4.78 is 38.4. The Kier molecular flexibility index (Phi) is 4.42. The molecule has 1 aromatic carbocycles. The lowest BCUT2D eigenvalue weighted by molar-refractivity contribution is -0.137. The van der Waals surface area contributed by atoms with E-state index in [4.69, 9.17) is 5.11 Å². The first-order valence-electron chi connectivity index (χ1n) is 5.19. The van der Waals surface area contributed by atoms with Crippen molar-refractivity contribution in [3.05, 3.63) is 29.6 Å². The number of aryl methyl sites for hydroxylation is 1. The van der Waals surface area contributed by atoms with Crippen molar-refractivity contribution in [3.8, 4) is 0 Å². The third-order valence-electron chi connectivity index (χ3n) is 2.42. The maximum Gasteiger partial charge on any atom is 0.304 e. The fourth-order valence-corrected chi connectivity index (χ4v) is 2.67. The Bertz CT molecular complexity index is 556. The van der Waals surface area contributed by atoms with Crippen molar-refractivity contribution in [1.29, 1.82) is 0 Å². The number of aliphatic carboxylic acids is 1. The second kappa shape index (κ2) is 5.45. The quantitative estimate of drug-likeness (QED) is 0.877. The summed E-state index contributed by atoms with van der Waals surface area (Å²) >= 11 is 0. The molecule has 0 aliphatic carbocycles. The van der Waals surface area contributed by atoms with Gasteiger partial charge in [0.15, 0.2) is 0 Å². The summed E-state index contributed by atoms with van der Waals surface area (Å²) in [6.45, 7) is 1.45. The van der Waals surface area contributed by atoms with Gasteiger partial charge in [0.05, 0.1) is 6.42 Å². The summed E-state index contributed by atoms with van der Waals surface area (Å²) in [7, 11) is -2.77. The van der Waals surface area contributed by atoms with E-state index in [1.54, 1.807) is 6.92 Å². The molecule has 1 rings (SSSR count). The second-order valence-corrected chi connectivity index (χ2v) is 5.92. The van der Waals surface area contributed by atoms with Gasteiger partial charge in [-0.15, -0.1) is 0 Å². The number of carboxylic acid groups (broad SMARTS) is 1. The molecule has 0 amide bonds. The average Bonchev–Trinajstić information content (AvgIpc) is 2.28. The maximum atomic E-state index is 13.5. The molecule has 7 heteroatoms. The number of sulfonamides is 1. The first-order valence-corrected chi connectivity index (χ1v) is 6.63. The molecule has 0 saturated heterocycles. The summed E-state index contributed by atoms with van der Waals surface area (Å²) in [4.78, 5) is 9.96. The molecule has 0 aromatic heterocycles. The zero-order chi connectivity index (χ0) is 13.9. The Morgan fingerprint density at radius 3 is 2.61 bits per heavy atom. The predicted molar refractivity (Wildman–Crippen MR) is 63.2 cm³/mol. The molecule has 0 spiro atoms. The van der Waals surface area contributed by atoms with Crippen LogP contribution >= 0.6 is 0 Å². The summed E-state index contributed by atoms with van der Waals surface area (Å²) in [5, 5.41) is 8.50. The van der Waals surface area contributed by atoms with E-state index < -0.39 is 26.7 Å². The lowest BCUT2D eigenvalue weighted by atomic mass is 10.2. The van der Waals surface area contributed by atoms with Gasteiger partial charge in [0.1, 0.15) is 10.7 Å². The number of rotatable bonds is 5. The van der Waals surface area contributed by atoms with Crippen LogP contribution in [-0.2, 0) is 14.8 Å². The van der Waals surface area contributed by atoms with Crippen LogP contribution in [0.25, 0.3) is 0 Å². The largest absolute Gasteiger partial charge is 0.481 e. The van der Waals surface area contributed by atoms with Crippen molar-refractivity contribution in [3.63, 3.8) is 0 Å². The van der Waals surface area contributed by atoms with Gasteiger partial charge in [-0.25, -0.2) is 17.1 Å². The molecule has 0 bridgehead atoms. The third kappa shape index (κ3) is 3.27. The molecule has 0 aliphatic rings. The van der Waals surface area contributed by atoms with Crippen molar-refractivity contribution in [2.24, 2.45) is 0 Å². The molecule has 18 heavy (non-hydrogen) atoms. The molecule has 1 N–H and O–H groups in total. The van der Waals surface area contributed by atoms with Crippen molar-refractivity contribution in [2.45, 2.75) is 18.2 Å². The molecular formula is C11H14FNO4S. The van der Waals surface area contributed by atoms with E-state index >= 15 is 0 Å². The molecule has 0 saturated carbocycles. The van der Waals surface area contributed by atoms with Crippen molar-refractivity contribution in [2.75, 3.05) is 13.6 Å². The Morgan fingerprint density at radius 2 is 2.06 bits per heavy atom. The van der Waals surface area contributed by atoms with Gasteiger partial charge in [-0.1, -0.05) is 6.07 Å². The van der Waals surface area contributed by atoms with Gasteiger partial charge in [-0.05, 0) is 24.6 Å². The maximum absolute atomic E-state index is 13.5. The van der Waals surface area contributed by atoms with Crippen molar-refractivity contribution >= 4 is 16.0 Å². The fourth-order valence-electron chi connectivity index (χ4n) is 1.35. The minimum atomic E-state index is -3.99. The Balaban J connectivity index is 3.05. The highest BCUT2D eigenvalue weighted by atomic mass is 32.2. The summed E-state index contributed by atoms with van der Waals surface area (Å²) in [5.41, 5.74) is 0.613. The number of carboxylic acids is 1. The van der Waals surface area contributed by atoms with E-state index in [-0.39, 0.29) is 13.0 Å². The first kappa shape index (κ1) is 14.6. The van der Waals surface area contributed by atoms with E-state index in [1.165, 1.54) is 19.2 Å². The van der Waals surface area contributed by atoms with Gasteiger partial charge in [0, 0.05) is 13.6 Å². The summed E-state index contributed by atoms with van der Waals surface area (Å²) in [5.74, 6) is -1.95.